The van der Waals surface area contributed by atoms with Crippen LogP contribution in [0.15, 0.2) is 8.68 Å². The molecule has 0 aromatic carbocycles. The zero-order chi connectivity index (χ0) is 14.4. The van der Waals surface area contributed by atoms with E-state index in [-0.39, 0.29) is 5.91 Å². The molecule has 1 aliphatic rings. The highest BCUT2D eigenvalue weighted by Crippen LogP contribution is 2.29. The van der Waals surface area contributed by atoms with Crippen molar-refractivity contribution in [1.82, 2.24) is 15.1 Å². The van der Waals surface area contributed by atoms with Gasteiger partial charge in [0.1, 0.15) is 0 Å². The molecule has 1 aromatic heterocycles. The Kier molecular flexibility index (Phi) is 6.64. The standard InChI is InChI=1S/C13H21N3OS3/c1-3-10-7-5-6-8-16(10)11(17)9-19-13-15-14-12(20-13)18-4-2/h10H,3-9H2,1-2H3. The molecule has 112 valence electrons. The maximum absolute atomic E-state index is 12.3. The van der Waals surface area contributed by atoms with Crippen LogP contribution >= 0.6 is 34.9 Å². The molecule has 0 N–H and O–H groups in total. The predicted octanol–water partition coefficient (Wildman–Crippen LogP) is 3.53. The minimum atomic E-state index is 0.251. The van der Waals surface area contributed by atoms with E-state index in [2.05, 4.69) is 28.9 Å². The monoisotopic (exact) mass is 331 g/mol. The van der Waals surface area contributed by atoms with Crippen molar-refractivity contribution in [3.8, 4) is 0 Å². The van der Waals surface area contributed by atoms with Crippen LogP contribution in [0, 0.1) is 0 Å². The van der Waals surface area contributed by atoms with E-state index >= 15 is 0 Å². The van der Waals surface area contributed by atoms with Gasteiger partial charge in [0.05, 0.1) is 5.75 Å². The lowest BCUT2D eigenvalue weighted by atomic mass is 10.0. The van der Waals surface area contributed by atoms with Gasteiger partial charge in [-0.25, -0.2) is 0 Å². The van der Waals surface area contributed by atoms with Crippen LogP contribution in [-0.2, 0) is 4.79 Å². The maximum atomic E-state index is 12.3. The van der Waals surface area contributed by atoms with E-state index in [0.717, 1.165) is 40.2 Å². The van der Waals surface area contributed by atoms with Crippen LogP contribution in [0.1, 0.15) is 39.5 Å². The van der Waals surface area contributed by atoms with Crippen LogP contribution in [0.25, 0.3) is 0 Å². The number of carbonyl (C=O) groups excluding carboxylic acids is 1. The van der Waals surface area contributed by atoms with Gasteiger partial charge in [0, 0.05) is 12.6 Å². The quantitative estimate of drug-likeness (QED) is 0.746. The number of hydrogen-bond donors (Lipinski definition) is 0. The smallest absolute Gasteiger partial charge is 0.233 e. The van der Waals surface area contributed by atoms with Crippen molar-refractivity contribution in [1.29, 1.82) is 0 Å². The molecule has 2 heterocycles. The summed E-state index contributed by atoms with van der Waals surface area (Å²) in [6, 6.07) is 0.442. The van der Waals surface area contributed by atoms with Crippen molar-refractivity contribution < 1.29 is 4.79 Å². The molecule has 1 amide bonds. The fraction of sp³-hybridized carbons (Fsp3) is 0.769. The highest BCUT2D eigenvalue weighted by molar-refractivity contribution is 8.03. The maximum Gasteiger partial charge on any atom is 0.233 e. The summed E-state index contributed by atoms with van der Waals surface area (Å²) in [5.74, 6) is 1.74. The van der Waals surface area contributed by atoms with Gasteiger partial charge in [0.25, 0.3) is 0 Å². The second-order valence-corrected chi connectivity index (χ2v) is 8.41. The van der Waals surface area contributed by atoms with Crippen molar-refractivity contribution in [3.63, 3.8) is 0 Å². The van der Waals surface area contributed by atoms with Crippen molar-refractivity contribution in [3.05, 3.63) is 0 Å². The molecule has 1 fully saturated rings. The summed E-state index contributed by atoms with van der Waals surface area (Å²) in [6.07, 6.45) is 4.61. The summed E-state index contributed by atoms with van der Waals surface area (Å²) in [5, 5.41) is 8.24. The number of rotatable bonds is 6. The minimum Gasteiger partial charge on any atom is -0.339 e. The highest BCUT2D eigenvalue weighted by atomic mass is 32.2. The Bertz CT molecular complexity index is 438. The van der Waals surface area contributed by atoms with E-state index in [9.17, 15) is 4.79 Å². The third-order valence-corrected chi connectivity index (χ3v) is 6.45. The van der Waals surface area contributed by atoms with E-state index in [0.29, 0.717) is 11.8 Å². The van der Waals surface area contributed by atoms with Gasteiger partial charge < -0.3 is 4.90 Å². The molecule has 1 saturated heterocycles. The third kappa shape index (κ3) is 4.36. The molecule has 20 heavy (non-hydrogen) atoms. The lowest BCUT2D eigenvalue weighted by Gasteiger charge is -2.35. The highest BCUT2D eigenvalue weighted by Gasteiger charge is 2.25. The number of thioether (sulfide) groups is 2. The molecule has 1 aliphatic heterocycles. The van der Waals surface area contributed by atoms with Crippen LogP contribution < -0.4 is 0 Å². The summed E-state index contributed by atoms with van der Waals surface area (Å²) in [7, 11) is 0. The van der Waals surface area contributed by atoms with Crippen LogP contribution in [0.3, 0.4) is 0 Å². The number of piperidine rings is 1. The summed E-state index contributed by atoms with van der Waals surface area (Å²) in [4.78, 5) is 14.4. The molecule has 1 atom stereocenters. The molecule has 4 nitrogen and oxygen atoms in total. The molecular formula is C13H21N3OS3. The van der Waals surface area contributed by atoms with E-state index in [1.54, 1.807) is 23.1 Å². The number of carbonyl (C=O) groups is 1. The lowest BCUT2D eigenvalue weighted by molar-refractivity contribution is -0.132. The van der Waals surface area contributed by atoms with Gasteiger partial charge >= 0.3 is 0 Å². The van der Waals surface area contributed by atoms with Crippen LogP contribution in [0.4, 0.5) is 0 Å². The first kappa shape index (κ1) is 16.1. The first-order valence-electron chi connectivity index (χ1n) is 7.13. The first-order valence-corrected chi connectivity index (χ1v) is 9.92. The Labute approximate surface area is 133 Å². The first-order chi connectivity index (χ1) is 9.74. The Morgan fingerprint density at radius 3 is 2.75 bits per heavy atom. The minimum absolute atomic E-state index is 0.251. The van der Waals surface area contributed by atoms with Gasteiger partial charge in [-0.05, 0) is 31.4 Å². The van der Waals surface area contributed by atoms with E-state index < -0.39 is 0 Å². The number of likely N-dealkylation sites (tertiary alicyclic amines) is 1. The van der Waals surface area contributed by atoms with Crippen molar-refractivity contribution in [2.75, 3.05) is 18.1 Å². The largest absolute Gasteiger partial charge is 0.339 e. The molecule has 1 aromatic rings. The summed E-state index contributed by atoms with van der Waals surface area (Å²) >= 11 is 4.81. The zero-order valence-electron chi connectivity index (χ0n) is 12.0. The summed E-state index contributed by atoms with van der Waals surface area (Å²) < 4.78 is 1.89. The Morgan fingerprint density at radius 1 is 1.30 bits per heavy atom. The van der Waals surface area contributed by atoms with Gasteiger partial charge in [0.15, 0.2) is 8.68 Å². The van der Waals surface area contributed by atoms with Crippen LogP contribution in [0.5, 0.6) is 0 Å². The molecular weight excluding hydrogens is 310 g/mol. The normalized spacial score (nSPS) is 19.3. The van der Waals surface area contributed by atoms with Gasteiger partial charge in [0.2, 0.25) is 5.91 Å². The third-order valence-electron chi connectivity index (χ3n) is 3.39. The fourth-order valence-corrected chi connectivity index (χ4v) is 5.20. The average molecular weight is 332 g/mol. The summed E-state index contributed by atoms with van der Waals surface area (Å²) in [6.45, 7) is 5.19. The topological polar surface area (TPSA) is 46.1 Å². The number of nitrogens with zero attached hydrogens (tertiary/aromatic N) is 3. The van der Waals surface area contributed by atoms with E-state index in [1.807, 2.05) is 0 Å². The van der Waals surface area contributed by atoms with E-state index in [4.69, 9.17) is 0 Å². The van der Waals surface area contributed by atoms with Gasteiger partial charge in [-0.1, -0.05) is 48.7 Å². The van der Waals surface area contributed by atoms with Gasteiger partial charge in [-0.3, -0.25) is 4.79 Å². The Balaban J connectivity index is 1.84. The van der Waals surface area contributed by atoms with Gasteiger partial charge in [-0.15, -0.1) is 10.2 Å². The van der Waals surface area contributed by atoms with Crippen molar-refractivity contribution >= 4 is 40.8 Å². The zero-order valence-corrected chi connectivity index (χ0v) is 14.5. The number of hydrogen-bond acceptors (Lipinski definition) is 6. The molecule has 0 saturated carbocycles. The van der Waals surface area contributed by atoms with Gasteiger partial charge in [-0.2, -0.15) is 0 Å². The summed E-state index contributed by atoms with van der Waals surface area (Å²) in [5.41, 5.74) is 0. The molecule has 2 rings (SSSR count). The molecule has 0 radical (unpaired) electrons. The second kappa shape index (κ2) is 8.24. The van der Waals surface area contributed by atoms with Crippen molar-refractivity contribution in [2.45, 2.75) is 54.3 Å². The number of aromatic nitrogens is 2. The Morgan fingerprint density at radius 2 is 2.05 bits per heavy atom. The lowest BCUT2D eigenvalue weighted by Crippen LogP contribution is -2.44. The fourth-order valence-electron chi connectivity index (χ4n) is 2.40. The predicted molar refractivity (Wildman–Crippen MR) is 86.7 cm³/mol. The molecule has 7 heteroatoms. The van der Waals surface area contributed by atoms with E-state index in [1.165, 1.54) is 18.2 Å². The molecule has 0 aliphatic carbocycles. The molecule has 0 spiro atoms. The van der Waals surface area contributed by atoms with Crippen molar-refractivity contribution in [2.24, 2.45) is 0 Å². The average Bonchev–Trinajstić information content (AvgIpc) is 2.93. The van der Waals surface area contributed by atoms with Crippen LogP contribution in [0.2, 0.25) is 0 Å². The Hall–Kier alpha value is -0.270. The second-order valence-electron chi connectivity index (χ2n) is 4.70. The molecule has 0 bridgehead atoms. The SMILES string of the molecule is CCSc1nnc(SCC(=O)N2CCCCC2CC)s1. The molecule has 1 unspecified atom stereocenters. The van der Waals surface area contributed by atoms with Crippen LogP contribution in [-0.4, -0.2) is 45.1 Å². The number of amides is 1.